The number of carbonyl (C=O) groups excluding carboxylic acids is 1. The Morgan fingerprint density at radius 1 is 1.17 bits per heavy atom. The fraction of sp³-hybridized carbons (Fsp3) is 0.318. The molecule has 1 aliphatic rings. The molecule has 0 radical (unpaired) electrons. The smallest absolute Gasteiger partial charge is 0.451 e. The number of pyridine rings is 2. The highest BCUT2D eigenvalue weighted by atomic mass is 32.2. The van der Waals surface area contributed by atoms with Gasteiger partial charge in [-0.25, -0.2) is 14.4 Å². The zero-order chi connectivity index (χ0) is 25.2. The average molecular weight is 509 g/mol. The molecule has 1 saturated heterocycles. The molecule has 4 rings (SSSR count). The molecule has 13 heteroatoms. The number of halogens is 4. The summed E-state index contributed by atoms with van der Waals surface area (Å²) in [5.74, 6) is -2.40. The number of hydrogen-bond donors (Lipinski definition) is 1. The van der Waals surface area contributed by atoms with Gasteiger partial charge < -0.3 is 9.87 Å². The van der Waals surface area contributed by atoms with Crippen LogP contribution in [0.2, 0.25) is 0 Å². The van der Waals surface area contributed by atoms with Crippen molar-refractivity contribution in [1.82, 2.24) is 29.6 Å². The Balaban J connectivity index is 1.46. The number of amides is 1. The number of carbonyl (C=O) groups is 1. The second-order valence-corrected chi connectivity index (χ2v) is 9.30. The summed E-state index contributed by atoms with van der Waals surface area (Å²) in [7, 11) is 0. The summed E-state index contributed by atoms with van der Waals surface area (Å²) in [6.45, 7) is 1.69. The minimum absolute atomic E-state index is 0.0797. The zero-order valence-electron chi connectivity index (χ0n) is 18.4. The maximum absolute atomic E-state index is 14.4. The first-order chi connectivity index (χ1) is 16.6. The highest BCUT2D eigenvalue weighted by molar-refractivity contribution is 7.89. The molecule has 0 bridgehead atoms. The lowest BCUT2D eigenvalue weighted by Gasteiger charge is -2.28. The third-order valence-corrected chi connectivity index (χ3v) is 7.21. The topological polar surface area (TPSA) is 107 Å². The summed E-state index contributed by atoms with van der Waals surface area (Å²) < 4.78 is 67.1. The van der Waals surface area contributed by atoms with Crippen LogP contribution >= 0.6 is 0 Å². The minimum Gasteiger partial charge on any atom is -0.593 e. The van der Waals surface area contributed by atoms with E-state index in [2.05, 4.69) is 25.3 Å². The van der Waals surface area contributed by atoms with Crippen LogP contribution in [0.4, 0.5) is 17.6 Å². The van der Waals surface area contributed by atoms with Gasteiger partial charge in [0.15, 0.2) is 4.90 Å². The zero-order valence-corrected chi connectivity index (χ0v) is 19.2. The van der Waals surface area contributed by atoms with Crippen LogP contribution in [-0.2, 0) is 28.9 Å². The average Bonchev–Trinajstić information content (AvgIpc) is 3.24. The van der Waals surface area contributed by atoms with Gasteiger partial charge in [-0.1, -0.05) is 0 Å². The second-order valence-electron chi connectivity index (χ2n) is 7.91. The molecule has 1 N–H and O–H groups in total. The number of nitrogens with one attached hydrogen (secondary N) is 1. The van der Waals surface area contributed by atoms with E-state index >= 15 is 0 Å². The Hall–Kier alpha value is -3.16. The lowest BCUT2D eigenvalue weighted by atomic mass is 10.1. The van der Waals surface area contributed by atoms with Gasteiger partial charge in [0.25, 0.3) is 0 Å². The van der Waals surface area contributed by atoms with Crippen molar-refractivity contribution in [1.29, 1.82) is 0 Å². The summed E-state index contributed by atoms with van der Waals surface area (Å²) >= 11 is -1.57. The van der Waals surface area contributed by atoms with Crippen molar-refractivity contribution in [2.45, 2.75) is 49.5 Å². The van der Waals surface area contributed by atoms with E-state index in [0.717, 1.165) is 18.6 Å². The fourth-order valence-corrected chi connectivity index (χ4v) is 5.21. The number of rotatable bonds is 6. The quantitative estimate of drug-likeness (QED) is 0.402. The van der Waals surface area contributed by atoms with E-state index in [1.54, 1.807) is 16.4 Å². The van der Waals surface area contributed by atoms with E-state index in [4.69, 9.17) is 0 Å². The van der Waals surface area contributed by atoms with Crippen molar-refractivity contribution >= 4 is 17.3 Å². The molecule has 0 aromatic carbocycles. The molecule has 35 heavy (non-hydrogen) atoms. The molecule has 1 aliphatic heterocycles. The summed E-state index contributed by atoms with van der Waals surface area (Å²) in [4.78, 5) is 27.8. The van der Waals surface area contributed by atoms with E-state index < -0.39 is 41.1 Å². The lowest BCUT2D eigenvalue weighted by Crippen LogP contribution is -2.48. The van der Waals surface area contributed by atoms with Gasteiger partial charge in [-0.05, 0) is 25.8 Å². The van der Waals surface area contributed by atoms with Crippen LogP contribution in [0.1, 0.15) is 31.2 Å². The summed E-state index contributed by atoms with van der Waals surface area (Å²) in [6.07, 6.45) is 2.32. The standard InChI is InChI=1S/C22H20F4N6O2S/c1-13-2-3-19(32(13)35(34)16-4-6-27-7-5-16)20(33)29-9-14-8-18(28-12-17(14)23)15-10-30-21(31-11-15)22(24,25)26/h4-8,10-13,19H,2-3,9H2,1H3,(H,29,33)/t13-,19-,35?/m0/s1. The number of aromatic nitrogens is 4. The van der Waals surface area contributed by atoms with E-state index in [9.17, 15) is 26.9 Å². The van der Waals surface area contributed by atoms with Crippen molar-refractivity contribution in [2.75, 3.05) is 0 Å². The third-order valence-electron chi connectivity index (χ3n) is 5.53. The van der Waals surface area contributed by atoms with Crippen LogP contribution in [0.3, 0.4) is 0 Å². The summed E-state index contributed by atoms with van der Waals surface area (Å²) in [6, 6.07) is 3.77. The maximum atomic E-state index is 14.4. The monoisotopic (exact) mass is 508 g/mol. The Kier molecular flexibility index (Phi) is 7.28. The van der Waals surface area contributed by atoms with Gasteiger partial charge in [0.05, 0.1) is 29.3 Å². The van der Waals surface area contributed by atoms with Crippen molar-refractivity contribution < 1.29 is 26.9 Å². The molecule has 184 valence electrons. The first-order valence-electron chi connectivity index (χ1n) is 10.6. The van der Waals surface area contributed by atoms with Crippen LogP contribution in [0.15, 0.2) is 54.1 Å². The first kappa shape index (κ1) is 24.9. The number of alkyl halides is 3. The normalized spacial score (nSPS) is 19.5. The van der Waals surface area contributed by atoms with Crippen molar-refractivity contribution in [2.24, 2.45) is 0 Å². The molecular formula is C22H20F4N6O2S. The Morgan fingerprint density at radius 2 is 1.86 bits per heavy atom. The Bertz CT molecular complexity index is 1180. The number of hydrogen-bond acceptors (Lipinski definition) is 7. The SMILES string of the molecule is C[C@H]1CC[C@@H](C(=O)NCc2cc(-c3cnc(C(F)(F)F)nc3)ncc2F)N1[S+]([O-])c1ccncc1. The molecule has 3 aromatic heterocycles. The molecule has 1 unspecified atom stereocenters. The molecule has 3 atom stereocenters. The molecule has 0 aliphatic carbocycles. The minimum atomic E-state index is -4.68. The van der Waals surface area contributed by atoms with Gasteiger partial charge in [0.1, 0.15) is 11.9 Å². The van der Waals surface area contributed by atoms with E-state index in [-0.39, 0.29) is 29.4 Å². The van der Waals surface area contributed by atoms with Crippen LogP contribution in [0.25, 0.3) is 11.3 Å². The predicted molar refractivity (Wildman–Crippen MR) is 117 cm³/mol. The summed E-state index contributed by atoms with van der Waals surface area (Å²) in [5.41, 5.74) is 0.393. The van der Waals surface area contributed by atoms with Gasteiger partial charge in [0.2, 0.25) is 11.7 Å². The van der Waals surface area contributed by atoms with E-state index in [1.165, 1.54) is 18.5 Å². The van der Waals surface area contributed by atoms with Crippen LogP contribution in [-0.4, -0.2) is 46.8 Å². The van der Waals surface area contributed by atoms with Crippen LogP contribution < -0.4 is 5.32 Å². The van der Waals surface area contributed by atoms with E-state index in [0.29, 0.717) is 17.7 Å². The predicted octanol–water partition coefficient (Wildman–Crippen LogP) is 3.28. The largest absolute Gasteiger partial charge is 0.593 e. The summed E-state index contributed by atoms with van der Waals surface area (Å²) in [5, 5.41) is 2.67. The molecule has 8 nitrogen and oxygen atoms in total. The molecule has 1 amide bonds. The van der Waals surface area contributed by atoms with Gasteiger partial charge >= 0.3 is 6.18 Å². The maximum Gasteiger partial charge on any atom is 0.451 e. The van der Waals surface area contributed by atoms with Gasteiger partial charge in [0, 0.05) is 54.6 Å². The lowest BCUT2D eigenvalue weighted by molar-refractivity contribution is -0.145. The molecule has 0 spiro atoms. The second kappa shape index (κ2) is 10.2. The molecule has 3 aromatic rings. The Morgan fingerprint density at radius 3 is 2.51 bits per heavy atom. The van der Waals surface area contributed by atoms with Gasteiger partial charge in [-0.2, -0.15) is 13.2 Å². The molecule has 0 saturated carbocycles. The van der Waals surface area contributed by atoms with Gasteiger partial charge in [-0.3, -0.25) is 14.8 Å². The Labute approximate surface area is 201 Å². The van der Waals surface area contributed by atoms with E-state index in [1.807, 2.05) is 6.92 Å². The van der Waals surface area contributed by atoms with Crippen LogP contribution in [0.5, 0.6) is 0 Å². The van der Waals surface area contributed by atoms with Crippen molar-refractivity contribution in [3.05, 3.63) is 66.4 Å². The highest BCUT2D eigenvalue weighted by Gasteiger charge is 2.44. The fourth-order valence-electron chi connectivity index (χ4n) is 3.74. The third kappa shape index (κ3) is 5.57. The van der Waals surface area contributed by atoms with Crippen molar-refractivity contribution in [3.8, 4) is 11.3 Å². The first-order valence-corrected chi connectivity index (χ1v) is 11.7. The molecule has 4 heterocycles. The van der Waals surface area contributed by atoms with Gasteiger partial charge in [-0.15, -0.1) is 4.31 Å². The molecular weight excluding hydrogens is 488 g/mol. The van der Waals surface area contributed by atoms with Crippen LogP contribution in [0, 0.1) is 5.82 Å². The van der Waals surface area contributed by atoms with Crippen molar-refractivity contribution in [3.63, 3.8) is 0 Å². The molecule has 1 fully saturated rings. The highest BCUT2D eigenvalue weighted by Crippen LogP contribution is 2.31. The number of nitrogens with zero attached hydrogens (tertiary/aromatic N) is 5.